The van der Waals surface area contributed by atoms with Crippen LogP contribution >= 0.6 is 0 Å². The second kappa shape index (κ2) is 9.85. The highest BCUT2D eigenvalue weighted by Gasteiger charge is 2.35. The summed E-state index contributed by atoms with van der Waals surface area (Å²) in [6, 6.07) is 2.86. The van der Waals surface area contributed by atoms with Gasteiger partial charge in [-0.1, -0.05) is 37.5 Å². The van der Waals surface area contributed by atoms with Crippen molar-refractivity contribution in [1.29, 1.82) is 0 Å². The quantitative estimate of drug-likeness (QED) is 0.416. The molecule has 1 saturated carbocycles. The first-order valence-electron chi connectivity index (χ1n) is 9.48. The number of alkyl halides is 3. The van der Waals surface area contributed by atoms with E-state index in [-0.39, 0.29) is 24.0 Å². The van der Waals surface area contributed by atoms with Gasteiger partial charge in [-0.25, -0.2) is 4.39 Å². The molecule has 0 aliphatic heterocycles. The number of carboxylic acids is 1. The van der Waals surface area contributed by atoms with Crippen molar-refractivity contribution in [3.8, 4) is 0 Å². The van der Waals surface area contributed by atoms with Crippen LogP contribution < -0.4 is 0 Å². The van der Waals surface area contributed by atoms with Gasteiger partial charge < -0.3 is 5.11 Å². The smallest absolute Gasteiger partial charge is 0.417 e. The molecule has 2 atom stereocenters. The number of hydrogen-bond donors (Lipinski definition) is 1. The lowest BCUT2D eigenvalue weighted by atomic mass is 9.89. The normalized spacial score (nSPS) is 20.2. The fourth-order valence-corrected chi connectivity index (χ4v) is 3.71. The van der Waals surface area contributed by atoms with Crippen molar-refractivity contribution in [2.24, 2.45) is 11.8 Å². The highest BCUT2D eigenvalue weighted by atomic mass is 19.4. The van der Waals surface area contributed by atoms with Gasteiger partial charge in [0.05, 0.1) is 5.56 Å². The zero-order valence-corrected chi connectivity index (χ0v) is 15.5. The molecule has 28 heavy (non-hydrogen) atoms. The van der Waals surface area contributed by atoms with E-state index in [1.54, 1.807) is 0 Å². The summed E-state index contributed by atoms with van der Waals surface area (Å²) >= 11 is 0. The number of Topliss-reactive ketones (excluding diaryl/α,β-unsaturated/α-hetero) is 1. The summed E-state index contributed by atoms with van der Waals surface area (Å²) in [5, 5.41) is 8.61. The molecule has 0 spiro atoms. The van der Waals surface area contributed by atoms with Crippen LogP contribution in [0.1, 0.15) is 62.5 Å². The van der Waals surface area contributed by atoms with Crippen LogP contribution in [0.4, 0.5) is 17.6 Å². The fraction of sp³-hybridized carbons (Fsp3) is 0.524. The summed E-state index contributed by atoms with van der Waals surface area (Å²) in [6.45, 7) is 0. The molecule has 0 radical (unpaired) electrons. The van der Waals surface area contributed by atoms with Crippen LogP contribution in [-0.4, -0.2) is 16.9 Å². The molecule has 0 aromatic heterocycles. The lowest BCUT2D eigenvalue weighted by Crippen LogP contribution is -2.13. The van der Waals surface area contributed by atoms with Crippen LogP contribution in [-0.2, 0) is 15.8 Å². The maximum Gasteiger partial charge on any atom is 0.417 e. The minimum Gasteiger partial charge on any atom is -0.481 e. The standard InChI is InChI=1S/C21H24F4O3/c22-18-8-5-7-17(21(23,24)25)16(18)12-10-14-11-13-19(26)15(14)6-3-1-2-4-9-20(27)28/h5,7-8,10,12,14-15H,1-4,6,9,11,13H2,(H,27,28). The maximum atomic E-state index is 13.9. The van der Waals surface area contributed by atoms with Gasteiger partial charge in [0.2, 0.25) is 0 Å². The van der Waals surface area contributed by atoms with Crippen LogP contribution in [0, 0.1) is 17.7 Å². The molecule has 1 aliphatic rings. The second-order valence-electron chi connectivity index (χ2n) is 7.18. The van der Waals surface area contributed by atoms with Crippen molar-refractivity contribution in [1.82, 2.24) is 0 Å². The average Bonchev–Trinajstić information content (AvgIpc) is 2.95. The number of unbranched alkanes of at least 4 members (excludes halogenated alkanes) is 3. The molecule has 7 heteroatoms. The molecule has 0 heterocycles. The molecule has 2 rings (SSSR count). The fourth-order valence-electron chi connectivity index (χ4n) is 3.71. The molecule has 0 saturated heterocycles. The lowest BCUT2D eigenvalue weighted by Gasteiger charge is -2.16. The summed E-state index contributed by atoms with van der Waals surface area (Å²) in [5.74, 6) is -2.15. The second-order valence-corrected chi connectivity index (χ2v) is 7.18. The van der Waals surface area contributed by atoms with Crippen molar-refractivity contribution in [2.45, 2.75) is 57.5 Å². The number of allylic oxidation sites excluding steroid dienone is 1. The Balaban J connectivity index is 1.99. The van der Waals surface area contributed by atoms with Crippen molar-refractivity contribution >= 4 is 17.8 Å². The third-order valence-electron chi connectivity index (χ3n) is 5.18. The summed E-state index contributed by atoms with van der Waals surface area (Å²) in [5.41, 5.74) is -1.52. The Morgan fingerprint density at radius 1 is 1.18 bits per heavy atom. The first-order chi connectivity index (χ1) is 13.2. The number of hydrogen-bond acceptors (Lipinski definition) is 2. The van der Waals surface area contributed by atoms with Gasteiger partial charge in [-0.05, 0) is 37.3 Å². The summed E-state index contributed by atoms with van der Waals surface area (Å²) in [7, 11) is 0. The Kier molecular flexibility index (Phi) is 7.78. The minimum atomic E-state index is -4.65. The van der Waals surface area contributed by atoms with Crippen molar-refractivity contribution in [3.05, 3.63) is 41.2 Å². The van der Waals surface area contributed by atoms with Crippen LogP contribution in [0.3, 0.4) is 0 Å². The van der Waals surface area contributed by atoms with E-state index < -0.39 is 29.1 Å². The lowest BCUT2D eigenvalue weighted by molar-refractivity contribution is -0.138. The Bertz CT molecular complexity index is 725. The van der Waals surface area contributed by atoms with E-state index in [1.807, 2.05) is 0 Å². The number of halogens is 4. The molecule has 1 aromatic rings. The molecule has 1 fully saturated rings. The summed E-state index contributed by atoms with van der Waals surface area (Å²) in [6.07, 6.45) is 2.62. The molecular weight excluding hydrogens is 376 g/mol. The van der Waals surface area contributed by atoms with Crippen LogP contribution in [0.2, 0.25) is 0 Å². The van der Waals surface area contributed by atoms with Gasteiger partial charge in [0, 0.05) is 24.3 Å². The maximum absolute atomic E-state index is 13.9. The molecule has 1 aromatic carbocycles. The highest BCUT2D eigenvalue weighted by molar-refractivity contribution is 5.84. The summed E-state index contributed by atoms with van der Waals surface area (Å²) in [4.78, 5) is 22.6. The van der Waals surface area contributed by atoms with Crippen molar-refractivity contribution in [3.63, 3.8) is 0 Å². The third kappa shape index (κ3) is 6.17. The van der Waals surface area contributed by atoms with E-state index in [2.05, 4.69) is 0 Å². The first kappa shape index (κ1) is 22.1. The number of carbonyl (C=O) groups is 2. The Morgan fingerprint density at radius 3 is 2.57 bits per heavy atom. The molecule has 154 valence electrons. The molecule has 1 N–H and O–H groups in total. The van der Waals surface area contributed by atoms with Gasteiger partial charge in [0.15, 0.2) is 0 Å². The number of rotatable bonds is 9. The third-order valence-corrected chi connectivity index (χ3v) is 5.18. The van der Waals surface area contributed by atoms with Crippen LogP contribution in [0.5, 0.6) is 0 Å². The van der Waals surface area contributed by atoms with Gasteiger partial charge >= 0.3 is 12.1 Å². The molecule has 0 bridgehead atoms. The largest absolute Gasteiger partial charge is 0.481 e. The van der Waals surface area contributed by atoms with Gasteiger partial charge in [-0.3, -0.25) is 9.59 Å². The average molecular weight is 400 g/mol. The van der Waals surface area contributed by atoms with Crippen LogP contribution in [0.25, 0.3) is 6.08 Å². The monoisotopic (exact) mass is 400 g/mol. The zero-order chi connectivity index (χ0) is 20.7. The molecule has 3 nitrogen and oxygen atoms in total. The van der Waals surface area contributed by atoms with E-state index in [0.29, 0.717) is 25.7 Å². The summed E-state index contributed by atoms with van der Waals surface area (Å²) < 4.78 is 53.2. The van der Waals surface area contributed by atoms with E-state index in [9.17, 15) is 27.2 Å². The first-order valence-corrected chi connectivity index (χ1v) is 9.48. The van der Waals surface area contributed by atoms with Crippen LogP contribution in [0.15, 0.2) is 24.3 Å². The molecular formula is C21H24F4O3. The molecule has 2 unspecified atom stereocenters. The topological polar surface area (TPSA) is 54.4 Å². The Morgan fingerprint density at radius 2 is 1.89 bits per heavy atom. The SMILES string of the molecule is O=C(O)CCCCCCC1C(=O)CCC1C=Cc1c(F)cccc1C(F)(F)F. The number of carbonyl (C=O) groups excluding carboxylic acids is 1. The number of ketones is 1. The van der Waals surface area contributed by atoms with Gasteiger partial charge in [0.1, 0.15) is 11.6 Å². The van der Waals surface area contributed by atoms with E-state index >= 15 is 0 Å². The molecule has 1 aliphatic carbocycles. The molecule has 0 amide bonds. The van der Waals surface area contributed by atoms with E-state index in [0.717, 1.165) is 43.5 Å². The van der Waals surface area contributed by atoms with Crippen molar-refractivity contribution in [2.75, 3.05) is 0 Å². The van der Waals surface area contributed by atoms with Gasteiger partial charge in [-0.2, -0.15) is 13.2 Å². The van der Waals surface area contributed by atoms with E-state index in [1.165, 1.54) is 6.08 Å². The highest BCUT2D eigenvalue weighted by Crippen LogP contribution is 2.37. The Labute approximate surface area is 161 Å². The van der Waals surface area contributed by atoms with Gasteiger partial charge in [0.25, 0.3) is 0 Å². The number of benzene rings is 1. The van der Waals surface area contributed by atoms with Gasteiger partial charge in [-0.15, -0.1) is 0 Å². The zero-order valence-electron chi connectivity index (χ0n) is 15.5. The predicted molar refractivity (Wildman–Crippen MR) is 97.0 cm³/mol. The van der Waals surface area contributed by atoms with Crippen molar-refractivity contribution < 1.29 is 32.3 Å². The number of aliphatic carboxylic acids is 1. The minimum absolute atomic E-state index is 0.0877. The van der Waals surface area contributed by atoms with E-state index in [4.69, 9.17) is 5.11 Å². The Hall–Kier alpha value is -2.18. The number of carboxylic acid groups (broad SMARTS) is 1. The predicted octanol–water partition coefficient (Wildman–Crippen LogP) is 5.88.